The third kappa shape index (κ3) is 3.02. The summed E-state index contributed by atoms with van der Waals surface area (Å²) >= 11 is 5.36. The fourth-order valence-corrected chi connectivity index (χ4v) is 3.47. The van der Waals surface area contributed by atoms with Crippen molar-refractivity contribution in [2.24, 2.45) is 0 Å². The van der Waals surface area contributed by atoms with Gasteiger partial charge in [0.15, 0.2) is 0 Å². The topological polar surface area (TPSA) is 16.1 Å². The molecule has 2 heterocycles. The molecule has 84 valence electrons. The normalized spacial score (nSPS) is 23.2. The van der Waals surface area contributed by atoms with E-state index in [-0.39, 0.29) is 0 Å². The van der Waals surface area contributed by atoms with E-state index in [1.807, 2.05) is 0 Å². The molecule has 0 spiro atoms. The van der Waals surface area contributed by atoms with Gasteiger partial charge in [-0.1, -0.05) is 22.4 Å². The molecule has 1 fully saturated rings. The summed E-state index contributed by atoms with van der Waals surface area (Å²) < 4.78 is 0. The molecule has 1 aliphatic heterocycles. The van der Waals surface area contributed by atoms with Crippen molar-refractivity contribution in [2.75, 3.05) is 11.9 Å². The second kappa shape index (κ2) is 5.41. The fraction of sp³-hybridized carbons (Fsp3) is 0.727. The zero-order chi connectivity index (χ0) is 10.7. The van der Waals surface area contributed by atoms with Crippen molar-refractivity contribution in [1.29, 1.82) is 0 Å². The minimum absolute atomic E-state index is 0.709. The molecule has 1 atom stereocenters. The minimum Gasteiger partial charge on any atom is -0.294 e. The highest BCUT2D eigenvalue weighted by atomic mass is 79.9. The summed E-state index contributed by atoms with van der Waals surface area (Å²) in [6.45, 7) is 4.33. The predicted molar refractivity (Wildman–Crippen MR) is 68.7 cm³/mol. The van der Waals surface area contributed by atoms with Crippen molar-refractivity contribution in [1.82, 2.24) is 9.88 Å². The smallest absolute Gasteiger partial charge is 0.0897 e. The van der Waals surface area contributed by atoms with Crippen LogP contribution in [-0.4, -0.2) is 27.8 Å². The molecule has 0 N–H and O–H groups in total. The summed E-state index contributed by atoms with van der Waals surface area (Å²) in [5.41, 5.74) is 1.24. The molecule has 1 aliphatic rings. The molecule has 0 bridgehead atoms. The van der Waals surface area contributed by atoms with Crippen LogP contribution in [0.4, 0.5) is 0 Å². The molecule has 1 unspecified atom stereocenters. The summed E-state index contributed by atoms with van der Waals surface area (Å²) in [5, 5.41) is 4.46. The molecule has 1 aromatic heterocycles. The summed E-state index contributed by atoms with van der Waals surface area (Å²) in [6, 6.07) is 0.709. The number of aromatic nitrogens is 1. The SMILES string of the molecule is Cc1nc(CN2CCCCC2CBr)cs1. The maximum atomic E-state index is 4.54. The quantitative estimate of drug-likeness (QED) is 0.794. The van der Waals surface area contributed by atoms with E-state index in [1.54, 1.807) is 11.3 Å². The highest BCUT2D eigenvalue weighted by molar-refractivity contribution is 9.09. The molecule has 2 rings (SSSR count). The second-order valence-corrected chi connectivity index (χ2v) is 5.84. The predicted octanol–water partition coefficient (Wildman–Crippen LogP) is 3.20. The third-order valence-electron chi connectivity index (χ3n) is 2.96. The monoisotopic (exact) mass is 288 g/mol. The highest BCUT2D eigenvalue weighted by Crippen LogP contribution is 2.21. The molecule has 15 heavy (non-hydrogen) atoms. The Kier molecular flexibility index (Phi) is 4.17. The van der Waals surface area contributed by atoms with E-state index < -0.39 is 0 Å². The van der Waals surface area contributed by atoms with E-state index in [2.05, 4.69) is 38.1 Å². The summed E-state index contributed by atoms with van der Waals surface area (Å²) in [6.07, 6.45) is 4.05. The Morgan fingerprint density at radius 2 is 2.47 bits per heavy atom. The first-order valence-electron chi connectivity index (χ1n) is 5.50. The number of nitrogens with zero attached hydrogens (tertiary/aromatic N) is 2. The van der Waals surface area contributed by atoms with Gasteiger partial charge in [0.25, 0.3) is 0 Å². The molecule has 1 aromatic rings. The van der Waals surface area contributed by atoms with Crippen LogP contribution in [0, 0.1) is 6.92 Å². The Morgan fingerprint density at radius 1 is 1.60 bits per heavy atom. The number of hydrogen-bond acceptors (Lipinski definition) is 3. The lowest BCUT2D eigenvalue weighted by molar-refractivity contribution is 0.155. The second-order valence-electron chi connectivity index (χ2n) is 4.13. The van der Waals surface area contributed by atoms with Gasteiger partial charge >= 0.3 is 0 Å². The Hall–Kier alpha value is 0.0700. The van der Waals surface area contributed by atoms with Crippen molar-refractivity contribution >= 4 is 27.3 Å². The summed E-state index contributed by atoms with van der Waals surface area (Å²) in [7, 11) is 0. The number of hydrogen-bond donors (Lipinski definition) is 0. The Balaban J connectivity index is 1.97. The van der Waals surface area contributed by atoms with Gasteiger partial charge in [-0.3, -0.25) is 4.90 Å². The van der Waals surface area contributed by atoms with Crippen LogP contribution >= 0.6 is 27.3 Å². The number of piperidine rings is 1. The van der Waals surface area contributed by atoms with Crippen molar-refractivity contribution in [3.05, 3.63) is 16.1 Å². The molecule has 1 saturated heterocycles. The molecular formula is C11H17BrN2S. The van der Waals surface area contributed by atoms with Crippen LogP contribution in [0.5, 0.6) is 0 Å². The van der Waals surface area contributed by atoms with Gasteiger partial charge in [-0.25, -0.2) is 4.98 Å². The molecule has 0 saturated carbocycles. The van der Waals surface area contributed by atoms with Gasteiger partial charge in [-0.05, 0) is 26.3 Å². The van der Waals surface area contributed by atoms with E-state index >= 15 is 0 Å². The average Bonchev–Trinajstić information content (AvgIpc) is 2.65. The van der Waals surface area contributed by atoms with Gasteiger partial charge < -0.3 is 0 Å². The molecule has 0 amide bonds. The number of aryl methyl sites for hydroxylation is 1. The highest BCUT2D eigenvalue weighted by Gasteiger charge is 2.21. The van der Waals surface area contributed by atoms with Crippen LogP contribution in [0.2, 0.25) is 0 Å². The van der Waals surface area contributed by atoms with Crippen molar-refractivity contribution < 1.29 is 0 Å². The molecule has 0 aromatic carbocycles. The fourth-order valence-electron chi connectivity index (χ4n) is 2.13. The van der Waals surface area contributed by atoms with Crippen LogP contribution < -0.4 is 0 Å². The Bertz CT molecular complexity index is 313. The first-order valence-corrected chi connectivity index (χ1v) is 7.50. The van der Waals surface area contributed by atoms with E-state index in [0.29, 0.717) is 6.04 Å². The standard InChI is InChI=1S/C11H17BrN2S/c1-9-13-10(8-15-9)7-14-5-3-2-4-11(14)6-12/h8,11H,2-7H2,1H3. The largest absolute Gasteiger partial charge is 0.294 e. The Labute approximate surface area is 104 Å². The van der Waals surface area contributed by atoms with Crippen molar-refractivity contribution in [3.8, 4) is 0 Å². The first kappa shape index (κ1) is 11.6. The molecular weight excluding hydrogens is 272 g/mol. The Morgan fingerprint density at radius 3 is 3.13 bits per heavy atom. The van der Waals surface area contributed by atoms with Gasteiger partial charge in [-0.15, -0.1) is 11.3 Å². The lowest BCUT2D eigenvalue weighted by atomic mass is 10.0. The van der Waals surface area contributed by atoms with E-state index in [1.165, 1.54) is 36.5 Å². The number of thiazole rings is 1. The molecule has 0 radical (unpaired) electrons. The average molecular weight is 289 g/mol. The lowest BCUT2D eigenvalue weighted by Gasteiger charge is -2.34. The summed E-state index contributed by atoms with van der Waals surface area (Å²) in [5.74, 6) is 0. The van der Waals surface area contributed by atoms with Gasteiger partial charge in [0.2, 0.25) is 0 Å². The van der Waals surface area contributed by atoms with Gasteiger partial charge in [-0.2, -0.15) is 0 Å². The van der Waals surface area contributed by atoms with E-state index in [4.69, 9.17) is 0 Å². The van der Waals surface area contributed by atoms with Gasteiger partial charge in [0.1, 0.15) is 0 Å². The van der Waals surface area contributed by atoms with Crippen LogP contribution in [0.15, 0.2) is 5.38 Å². The van der Waals surface area contributed by atoms with Gasteiger partial charge in [0, 0.05) is 23.3 Å². The number of halogens is 1. The van der Waals surface area contributed by atoms with Gasteiger partial charge in [0.05, 0.1) is 10.7 Å². The zero-order valence-electron chi connectivity index (χ0n) is 9.08. The third-order valence-corrected chi connectivity index (χ3v) is 4.53. The van der Waals surface area contributed by atoms with E-state index in [0.717, 1.165) is 11.9 Å². The molecule has 2 nitrogen and oxygen atoms in total. The maximum Gasteiger partial charge on any atom is 0.0897 e. The van der Waals surface area contributed by atoms with Crippen LogP contribution in [0.1, 0.15) is 30.0 Å². The number of rotatable bonds is 3. The lowest BCUT2D eigenvalue weighted by Crippen LogP contribution is -2.40. The van der Waals surface area contributed by atoms with Crippen molar-refractivity contribution in [2.45, 2.75) is 38.8 Å². The zero-order valence-corrected chi connectivity index (χ0v) is 11.5. The van der Waals surface area contributed by atoms with Crippen LogP contribution in [0.25, 0.3) is 0 Å². The summed E-state index contributed by atoms with van der Waals surface area (Å²) in [4.78, 5) is 7.10. The van der Waals surface area contributed by atoms with Crippen LogP contribution in [-0.2, 0) is 6.54 Å². The molecule has 4 heteroatoms. The first-order chi connectivity index (χ1) is 7.29. The van der Waals surface area contributed by atoms with E-state index in [9.17, 15) is 0 Å². The minimum atomic E-state index is 0.709. The number of alkyl halides is 1. The molecule has 0 aliphatic carbocycles. The van der Waals surface area contributed by atoms with Crippen LogP contribution in [0.3, 0.4) is 0 Å². The maximum absolute atomic E-state index is 4.54. The van der Waals surface area contributed by atoms with Crippen molar-refractivity contribution in [3.63, 3.8) is 0 Å². The number of likely N-dealkylation sites (tertiary alicyclic amines) is 1.